The molecule has 2 atom stereocenters. The number of benzene rings is 1. The highest BCUT2D eigenvalue weighted by Gasteiger charge is 2.34. The minimum atomic E-state index is -0.497. The molecule has 4 N–H and O–H groups in total. The SMILES string of the molecule is Cl.N[C@@H](c1cc(Br)c(O)c(Br)c1)[C@H](O)C1CC1. The molecule has 6 heteroatoms. The minimum absolute atomic E-state index is 0. The summed E-state index contributed by atoms with van der Waals surface area (Å²) in [6.07, 6.45) is 1.60. The summed E-state index contributed by atoms with van der Waals surface area (Å²) in [6, 6.07) is 3.09. The van der Waals surface area contributed by atoms with Crippen LogP contribution in [-0.2, 0) is 0 Å². The number of aliphatic hydroxyl groups excluding tert-OH is 1. The van der Waals surface area contributed by atoms with Crippen molar-refractivity contribution < 1.29 is 10.2 Å². The fourth-order valence-electron chi connectivity index (χ4n) is 1.71. The Morgan fingerprint density at radius 1 is 1.24 bits per heavy atom. The Bertz CT molecular complexity index is 389. The zero-order chi connectivity index (χ0) is 11.9. The molecule has 0 amide bonds. The van der Waals surface area contributed by atoms with Gasteiger partial charge in [0.2, 0.25) is 0 Å². The Morgan fingerprint density at radius 3 is 2.12 bits per heavy atom. The van der Waals surface area contributed by atoms with E-state index in [1.54, 1.807) is 12.1 Å². The third-order valence-electron chi connectivity index (χ3n) is 2.90. The van der Waals surface area contributed by atoms with Crippen molar-refractivity contribution in [2.45, 2.75) is 25.0 Å². The maximum absolute atomic E-state index is 9.94. The molecule has 3 nitrogen and oxygen atoms in total. The highest BCUT2D eigenvalue weighted by atomic mass is 79.9. The highest BCUT2D eigenvalue weighted by molar-refractivity contribution is 9.11. The smallest absolute Gasteiger partial charge is 0.143 e. The van der Waals surface area contributed by atoms with Crippen LogP contribution in [0.3, 0.4) is 0 Å². The van der Waals surface area contributed by atoms with Gasteiger partial charge in [-0.05, 0) is 68.3 Å². The molecule has 0 aliphatic heterocycles. The van der Waals surface area contributed by atoms with Crippen molar-refractivity contribution in [1.29, 1.82) is 0 Å². The van der Waals surface area contributed by atoms with Crippen LogP contribution in [0.5, 0.6) is 5.75 Å². The average Bonchev–Trinajstić information content (AvgIpc) is 3.06. The maximum atomic E-state index is 9.94. The Hall–Kier alpha value is 0.190. The predicted octanol–water partition coefficient (Wildman–Crippen LogP) is 3.11. The van der Waals surface area contributed by atoms with Crippen LogP contribution in [0.2, 0.25) is 0 Å². The number of aliphatic hydroxyl groups is 1. The zero-order valence-electron chi connectivity index (χ0n) is 8.94. The van der Waals surface area contributed by atoms with Crippen LogP contribution in [0.4, 0.5) is 0 Å². The third kappa shape index (κ3) is 3.35. The van der Waals surface area contributed by atoms with Crippen molar-refractivity contribution in [2.75, 3.05) is 0 Å². The number of phenols is 1. The van der Waals surface area contributed by atoms with E-state index in [0.29, 0.717) is 14.9 Å². The van der Waals surface area contributed by atoms with E-state index in [4.69, 9.17) is 5.73 Å². The van der Waals surface area contributed by atoms with Gasteiger partial charge >= 0.3 is 0 Å². The van der Waals surface area contributed by atoms with Gasteiger partial charge in [0.15, 0.2) is 0 Å². The standard InChI is InChI=1S/C11H13Br2NO2.ClH/c12-7-3-6(4-8(13)11(7)16)9(14)10(15)5-1-2-5;/h3-5,9-10,15-16H,1-2,14H2;1H/t9-,10+;/m0./s1. The zero-order valence-corrected chi connectivity index (χ0v) is 12.9. The van der Waals surface area contributed by atoms with Crippen molar-refractivity contribution >= 4 is 44.3 Å². The fraction of sp³-hybridized carbons (Fsp3) is 0.455. The first-order valence-corrected chi connectivity index (χ1v) is 6.71. The molecule has 0 unspecified atom stereocenters. The summed E-state index contributed by atoms with van der Waals surface area (Å²) in [5, 5.41) is 19.5. The molecule has 1 aliphatic rings. The third-order valence-corrected chi connectivity index (χ3v) is 4.11. The molecule has 0 spiro atoms. The van der Waals surface area contributed by atoms with Gasteiger partial charge in [-0.25, -0.2) is 0 Å². The van der Waals surface area contributed by atoms with Gasteiger partial charge in [0.05, 0.1) is 21.1 Å². The van der Waals surface area contributed by atoms with Gasteiger partial charge in [0, 0.05) is 0 Å². The second-order valence-electron chi connectivity index (χ2n) is 4.19. The van der Waals surface area contributed by atoms with Crippen molar-refractivity contribution in [3.63, 3.8) is 0 Å². The summed E-state index contributed by atoms with van der Waals surface area (Å²) >= 11 is 6.50. The first-order valence-electron chi connectivity index (χ1n) is 5.12. The van der Waals surface area contributed by atoms with Gasteiger partial charge in [0.25, 0.3) is 0 Å². The normalized spacial score (nSPS) is 18.4. The number of halogens is 3. The van der Waals surface area contributed by atoms with Crippen LogP contribution in [0, 0.1) is 5.92 Å². The molecule has 17 heavy (non-hydrogen) atoms. The Balaban J connectivity index is 0.00000144. The molecule has 1 fully saturated rings. The number of hydrogen-bond donors (Lipinski definition) is 3. The average molecular weight is 387 g/mol. The van der Waals surface area contributed by atoms with Crippen LogP contribution < -0.4 is 5.73 Å². The van der Waals surface area contributed by atoms with E-state index in [2.05, 4.69) is 31.9 Å². The van der Waals surface area contributed by atoms with E-state index in [9.17, 15) is 10.2 Å². The van der Waals surface area contributed by atoms with Crippen LogP contribution in [0.1, 0.15) is 24.4 Å². The maximum Gasteiger partial charge on any atom is 0.143 e. The fourth-order valence-corrected chi connectivity index (χ4v) is 2.93. The summed E-state index contributed by atoms with van der Waals surface area (Å²) < 4.78 is 1.16. The van der Waals surface area contributed by atoms with Crippen LogP contribution >= 0.6 is 44.3 Å². The lowest BCUT2D eigenvalue weighted by Gasteiger charge is -2.19. The van der Waals surface area contributed by atoms with Crippen molar-refractivity contribution in [3.05, 3.63) is 26.6 Å². The second kappa shape index (κ2) is 5.89. The summed E-state index contributed by atoms with van der Waals surface area (Å²) in [5.74, 6) is 0.484. The lowest BCUT2D eigenvalue weighted by molar-refractivity contribution is 0.122. The first-order chi connectivity index (χ1) is 7.50. The summed E-state index contributed by atoms with van der Waals surface area (Å²) in [6.45, 7) is 0. The molecular weight excluding hydrogens is 373 g/mol. The van der Waals surface area contributed by atoms with E-state index >= 15 is 0 Å². The van der Waals surface area contributed by atoms with Crippen molar-refractivity contribution in [3.8, 4) is 5.75 Å². The molecule has 1 aromatic rings. The Labute approximate surface area is 123 Å². The summed E-state index contributed by atoms with van der Waals surface area (Å²) in [4.78, 5) is 0. The number of nitrogens with two attached hydrogens (primary N) is 1. The monoisotopic (exact) mass is 385 g/mol. The van der Waals surface area contributed by atoms with Crippen LogP contribution in [-0.4, -0.2) is 16.3 Å². The Kier molecular flexibility index (Phi) is 5.28. The van der Waals surface area contributed by atoms with Crippen LogP contribution in [0.25, 0.3) is 0 Å². The van der Waals surface area contributed by atoms with Gasteiger partial charge < -0.3 is 15.9 Å². The van der Waals surface area contributed by atoms with E-state index in [0.717, 1.165) is 18.4 Å². The topological polar surface area (TPSA) is 66.5 Å². The molecule has 0 heterocycles. The molecule has 1 aliphatic carbocycles. The molecule has 0 radical (unpaired) electrons. The number of rotatable bonds is 3. The van der Waals surface area contributed by atoms with Gasteiger partial charge in [-0.2, -0.15) is 0 Å². The highest BCUT2D eigenvalue weighted by Crippen LogP contribution is 2.40. The Morgan fingerprint density at radius 2 is 1.71 bits per heavy atom. The lowest BCUT2D eigenvalue weighted by Crippen LogP contribution is -2.27. The van der Waals surface area contributed by atoms with Crippen molar-refractivity contribution in [2.24, 2.45) is 11.7 Å². The van der Waals surface area contributed by atoms with Gasteiger partial charge in [-0.3, -0.25) is 0 Å². The van der Waals surface area contributed by atoms with Gasteiger partial charge in [0.1, 0.15) is 5.75 Å². The molecule has 1 saturated carbocycles. The molecule has 96 valence electrons. The summed E-state index contributed by atoms with van der Waals surface area (Å²) in [5.41, 5.74) is 6.81. The molecule has 2 rings (SSSR count). The van der Waals surface area contributed by atoms with Crippen LogP contribution in [0.15, 0.2) is 21.1 Å². The molecule has 0 saturated heterocycles. The number of phenolic OH excluding ortho intramolecular Hbond substituents is 1. The number of hydrogen-bond acceptors (Lipinski definition) is 3. The van der Waals surface area contributed by atoms with Gasteiger partial charge in [-0.15, -0.1) is 12.4 Å². The molecule has 1 aromatic carbocycles. The number of aromatic hydroxyl groups is 1. The summed E-state index contributed by atoms with van der Waals surface area (Å²) in [7, 11) is 0. The quantitative estimate of drug-likeness (QED) is 0.747. The second-order valence-corrected chi connectivity index (χ2v) is 5.90. The minimum Gasteiger partial charge on any atom is -0.506 e. The molecule has 0 bridgehead atoms. The first kappa shape index (κ1) is 15.2. The van der Waals surface area contributed by atoms with E-state index in [1.807, 2.05) is 0 Å². The predicted molar refractivity (Wildman–Crippen MR) is 76.4 cm³/mol. The van der Waals surface area contributed by atoms with Crippen molar-refractivity contribution in [1.82, 2.24) is 0 Å². The largest absolute Gasteiger partial charge is 0.506 e. The van der Waals surface area contributed by atoms with E-state index in [-0.39, 0.29) is 18.2 Å². The van der Waals surface area contributed by atoms with Gasteiger partial charge in [-0.1, -0.05) is 0 Å². The van der Waals surface area contributed by atoms with E-state index < -0.39 is 12.1 Å². The van der Waals surface area contributed by atoms with E-state index in [1.165, 1.54) is 0 Å². The lowest BCUT2D eigenvalue weighted by atomic mass is 9.99. The molecule has 0 aromatic heterocycles. The molecular formula is C11H14Br2ClNO2.